The number of hydrogen-bond acceptors (Lipinski definition) is 7. The lowest BCUT2D eigenvalue weighted by Gasteiger charge is -2.46. The highest BCUT2D eigenvalue weighted by atomic mass is 32.2. The Bertz CT molecular complexity index is 1240. The Hall–Kier alpha value is -3.35. The quantitative estimate of drug-likeness (QED) is 0.325. The van der Waals surface area contributed by atoms with Gasteiger partial charge in [0.15, 0.2) is 4.90 Å². The van der Waals surface area contributed by atoms with Gasteiger partial charge in [0, 0.05) is 51.3 Å². The molecule has 1 saturated heterocycles. The smallest absolute Gasteiger partial charge is 0.289 e. The van der Waals surface area contributed by atoms with Gasteiger partial charge in [0.25, 0.3) is 5.69 Å². The molecule has 0 spiro atoms. The summed E-state index contributed by atoms with van der Waals surface area (Å²) in [6.07, 6.45) is 0.541. The van der Waals surface area contributed by atoms with Gasteiger partial charge in [0.05, 0.1) is 11.5 Å². The van der Waals surface area contributed by atoms with Crippen LogP contribution in [0.15, 0.2) is 59.5 Å². The van der Waals surface area contributed by atoms with E-state index in [-0.39, 0.29) is 54.7 Å². The molecule has 0 saturated carbocycles. The summed E-state index contributed by atoms with van der Waals surface area (Å²) in [5.74, 6) is -0.360. The Kier molecular flexibility index (Phi) is 9.95. The second-order valence-corrected chi connectivity index (χ2v) is 11.7. The summed E-state index contributed by atoms with van der Waals surface area (Å²) in [6, 6.07) is 13.7. The van der Waals surface area contributed by atoms with E-state index in [1.54, 1.807) is 0 Å². The zero-order chi connectivity index (χ0) is 27.9. The van der Waals surface area contributed by atoms with Crippen LogP contribution in [0.25, 0.3) is 0 Å². The summed E-state index contributed by atoms with van der Waals surface area (Å²) < 4.78 is 28.5. The SMILES string of the molecule is CNC(=O)C[C@@H]1CN(S(=O)(=O)c2ccccc2[N+](=O)[O-])C[C@H](CC(C)C)N1CC(=O)NCc1ccccc1. The largest absolute Gasteiger partial charge is 0.359 e. The molecule has 206 valence electrons. The molecule has 0 aliphatic carbocycles. The van der Waals surface area contributed by atoms with E-state index >= 15 is 0 Å². The Morgan fingerprint density at radius 3 is 2.29 bits per heavy atom. The highest BCUT2D eigenvalue weighted by Gasteiger charge is 2.42. The highest BCUT2D eigenvalue weighted by Crippen LogP contribution is 2.31. The second kappa shape index (κ2) is 12.9. The molecule has 1 aliphatic rings. The predicted octanol–water partition coefficient (Wildman–Crippen LogP) is 2.14. The van der Waals surface area contributed by atoms with Crippen LogP contribution < -0.4 is 10.6 Å². The summed E-state index contributed by atoms with van der Waals surface area (Å²) in [6.45, 7) is 4.30. The zero-order valence-corrected chi connectivity index (χ0v) is 22.7. The number of piperazine rings is 1. The number of hydrogen-bond donors (Lipinski definition) is 2. The van der Waals surface area contributed by atoms with Crippen molar-refractivity contribution in [2.45, 2.75) is 50.2 Å². The number of sulfonamides is 1. The van der Waals surface area contributed by atoms with Crippen LogP contribution in [0, 0.1) is 16.0 Å². The number of para-hydroxylation sites is 1. The first-order valence-corrected chi connectivity index (χ1v) is 14.0. The van der Waals surface area contributed by atoms with Crippen LogP contribution in [0.2, 0.25) is 0 Å². The van der Waals surface area contributed by atoms with Gasteiger partial charge in [-0.2, -0.15) is 4.31 Å². The summed E-state index contributed by atoms with van der Waals surface area (Å²) in [5.41, 5.74) is 0.445. The molecule has 0 bridgehead atoms. The topological polar surface area (TPSA) is 142 Å². The van der Waals surface area contributed by atoms with Crippen molar-refractivity contribution in [1.29, 1.82) is 0 Å². The second-order valence-electron chi connectivity index (χ2n) is 9.80. The minimum absolute atomic E-state index is 0.00868. The molecule has 0 unspecified atom stereocenters. The Balaban J connectivity index is 1.90. The third kappa shape index (κ3) is 7.36. The predicted molar refractivity (Wildman–Crippen MR) is 143 cm³/mol. The molecule has 38 heavy (non-hydrogen) atoms. The first-order chi connectivity index (χ1) is 18.0. The number of carbonyl (C=O) groups is 2. The minimum Gasteiger partial charge on any atom is -0.359 e. The molecular formula is C26H35N5O6S. The van der Waals surface area contributed by atoms with Gasteiger partial charge in [-0.05, 0) is 24.0 Å². The lowest BCUT2D eigenvalue weighted by molar-refractivity contribution is -0.387. The van der Waals surface area contributed by atoms with Crippen LogP contribution in [0.5, 0.6) is 0 Å². The molecule has 2 amide bonds. The van der Waals surface area contributed by atoms with Crippen molar-refractivity contribution >= 4 is 27.5 Å². The van der Waals surface area contributed by atoms with E-state index in [0.717, 1.165) is 11.6 Å². The van der Waals surface area contributed by atoms with Gasteiger partial charge in [-0.25, -0.2) is 8.42 Å². The molecule has 2 aromatic rings. The number of nitro benzene ring substituents is 1. The molecule has 1 fully saturated rings. The minimum atomic E-state index is -4.25. The number of carbonyl (C=O) groups excluding carboxylic acids is 2. The van der Waals surface area contributed by atoms with E-state index in [9.17, 15) is 28.1 Å². The summed E-state index contributed by atoms with van der Waals surface area (Å²) in [4.78, 5) is 37.8. The first-order valence-electron chi connectivity index (χ1n) is 12.5. The van der Waals surface area contributed by atoms with E-state index in [1.807, 2.05) is 49.1 Å². The number of amides is 2. The Morgan fingerprint density at radius 2 is 1.66 bits per heavy atom. The molecule has 11 nitrogen and oxygen atoms in total. The number of nitrogens with zero attached hydrogens (tertiary/aromatic N) is 3. The summed E-state index contributed by atoms with van der Waals surface area (Å²) in [5, 5.41) is 17.0. The van der Waals surface area contributed by atoms with Gasteiger partial charge in [-0.1, -0.05) is 56.3 Å². The highest BCUT2D eigenvalue weighted by molar-refractivity contribution is 7.89. The average molecular weight is 546 g/mol. The first kappa shape index (κ1) is 29.2. The lowest BCUT2D eigenvalue weighted by atomic mass is 9.96. The molecule has 2 N–H and O–H groups in total. The summed E-state index contributed by atoms with van der Waals surface area (Å²) >= 11 is 0. The molecule has 1 aliphatic heterocycles. The van der Waals surface area contributed by atoms with Crippen molar-refractivity contribution in [3.8, 4) is 0 Å². The number of nitro groups is 1. The van der Waals surface area contributed by atoms with Gasteiger partial charge in [0.1, 0.15) is 0 Å². The van der Waals surface area contributed by atoms with Crippen LogP contribution in [0.3, 0.4) is 0 Å². The van der Waals surface area contributed by atoms with Crippen LogP contribution in [-0.2, 0) is 26.2 Å². The normalized spacial score (nSPS) is 18.7. The molecule has 2 aromatic carbocycles. The van der Waals surface area contributed by atoms with E-state index in [2.05, 4.69) is 10.6 Å². The Morgan fingerprint density at radius 1 is 1.03 bits per heavy atom. The van der Waals surface area contributed by atoms with Crippen molar-refractivity contribution < 1.29 is 22.9 Å². The van der Waals surface area contributed by atoms with Gasteiger partial charge < -0.3 is 10.6 Å². The molecule has 1 heterocycles. The Labute approximate surface area is 223 Å². The van der Waals surface area contributed by atoms with Crippen LogP contribution >= 0.6 is 0 Å². The third-order valence-electron chi connectivity index (χ3n) is 6.55. The van der Waals surface area contributed by atoms with Crippen LogP contribution in [-0.4, -0.2) is 73.1 Å². The fraction of sp³-hybridized carbons (Fsp3) is 0.462. The van der Waals surface area contributed by atoms with Gasteiger partial charge >= 0.3 is 0 Å². The monoisotopic (exact) mass is 545 g/mol. The molecule has 0 aromatic heterocycles. The standard InChI is InChI=1S/C26H35N5O6S/c1-19(2)13-21-16-29(38(36,37)24-12-8-7-11-23(24)31(34)35)17-22(14-25(32)27-3)30(21)18-26(33)28-15-20-9-5-4-6-10-20/h4-12,19,21-22H,13-18H2,1-3H3,(H,27,32)(H,28,33)/t21-,22+/m0/s1. The molecular weight excluding hydrogens is 510 g/mol. The number of benzene rings is 2. The van der Waals surface area contributed by atoms with Crippen molar-refractivity contribution in [2.75, 3.05) is 26.7 Å². The average Bonchev–Trinajstić information content (AvgIpc) is 2.89. The molecule has 2 atom stereocenters. The van der Waals surface area contributed by atoms with E-state index < -0.39 is 26.7 Å². The third-order valence-corrected chi connectivity index (χ3v) is 8.43. The van der Waals surface area contributed by atoms with Crippen molar-refractivity contribution in [3.63, 3.8) is 0 Å². The van der Waals surface area contributed by atoms with Crippen molar-refractivity contribution in [1.82, 2.24) is 19.8 Å². The maximum atomic E-state index is 13.7. The van der Waals surface area contributed by atoms with Crippen LogP contribution in [0.4, 0.5) is 5.69 Å². The fourth-order valence-electron chi connectivity index (χ4n) is 4.74. The van der Waals surface area contributed by atoms with E-state index in [1.165, 1.54) is 29.6 Å². The molecule has 3 rings (SSSR count). The molecule has 12 heteroatoms. The lowest BCUT2D eigenvalue weighted by Crippen LogP contribution is -2.62. The number of rotatable bonds is 11. The van der Waals surface area contributed by atoms with E-state index in [4.69, 9.17) is 0 Å². The maximum absolute atomic E-state index is 13.7. The maximum Gasteiger partial charge on any atom is 0.289 e. The molecule has 0 radical (unpaired) electrons. The number of nitrogens with one attached hydrogen (secondary N) is 2. The van der Waals surface area contributed by atoms with Crippen LogP contribution in [0.1, 0.15) is 32.3 Å². The van der Waals surface area contributed by atoms with Gasteiger partial charge in [-0.3, -0.25) is 24.6 Å². The van der Waals surface area contributed by atoms with Crippen molar-refractivity contribution in [2.24, 2.45) is 5.92 Å². The van der Waals surface area contributed by atoms with Gasteiger partial charge in [0.2, 0.25) is 21.8 Å². The summed E-state index contributed by atoms with van der Waals surface area (Å²) in [7, 11) is -2.75. The fourth-order valence-corrected chi connectivity index (χ4v) is 6.41. The van der Waals surface area contributed by atoms with E-state index in [0.29, 0.717) is 13.0 Å². The van der Waals surface area contributed by atoms with Crippen molar-refractivity contribution in [3.05, 3.63) is 70.3 Å². The van der Waals surface area contributed by atoms with Gasteiger partial charge in [-0.15, -0.1) is 0 Å². The zero-order valence-electron chi connectivity index (χ0n) is 21.9.